The lowest BCUT2D eigenvalue weighted by Crippen LogP contribution is -2.39. The van der Waals surface area contributed by atoms with Gasteiger partial charge in [-0.1, -0.05) is 0 Å². The molecule has 6 nitrogen and oxygen atoms in total. The van der Waals surface area contributed by atoms with Crippen LogP contribution in [0.3, 0.4) is 0 Å². The molecule has 0 aliphatic carbocycles. The minimum Gasteiger partial charge on any atom is -0.379 e. The van der Waals surface area contributed by atoms with Crippen LogP contribution in [0, 0.1) is 5.92 Å². The van der Waals surface area contributed by atoms with Crippen LogP contribution in [0.2, 0.25) is 0 Å². The van der Waals surface area contributed by atoms with Gasteiger partial charge in [-0.3, -0.25) is 9.59 Å². The molecule has 0 saturated carbocycles. The summed E-state index contributed by atoms with van der Waals surface area (Å²) in [7, 11) is 1.71. The molecule has 0 radical (unpaired) electrons. The van der Waals surface area contributed by atoms with Crippen molar-refractivity contribution in [2.75, 3.05) is 20.3 Å². The predicted molar refractivity (Wildman–Crippen MR) is 66.0 cm³/mol. The molecule has 3 unspecified atom stereocenters. The van der Waals surface area contributed by atoms with Crippen molar-refractivity contribution in [3.8, 4) is 0 Å². The first-order chi connectivity index (χ1) is 8.39. The Kier molecular flexibility index (Phi) is 5.10. The molecule has 0 aromatic heterocycles. The Balaban J connectivity index is 0.000000232. The van der Waals surface area contributed by atoms with Gasteiger partial charge in [0.05, 0.1) is 24.9 Å². The van der Waals surface area contributed by atoms with E-state index in [9.17, 15) is 9.59 Å². The number of fused-ring (bicyclic) bond motifs is 1. The summed E-state index contributed by atoms with van der Waals surface area (Å²) in [6.45, 7) is 7.18. The zero-order chi connectivity index (χ0) is 13.8. The first-order valence-electron chi connectivity index (χ1n) is 6.02. The highest BCUT2D eigenvalue weighted by Crippen LogP contribution is 2.23. The molecule has 2 N–H and O–H groups in total. The van der Waals surface area contributed by atoms with Crippen molar-refractivity contribution in [3.63, 3.8) is 0 Å². The Morgan fingerprint density at radius 3 is 2.56 bits per heavy atom. The molecule has 104 valence electrons. The molecule has 0 spiro atoms. The highest BCUT2D eigenvalue weighted by Gasteiger charge is 2.45. The number of nitrogens with one attached hydrogen (secondary N) is 2. The van der Waals surface area contributed by atoms with E-state index >= 15 is 0 Å². The molecular weight excluding hydrogens is 236 g/mol. The molecule has 18 heavy (non-hydrogen) atoms. The maximum atomic E-state index is 11.2. The van der Waals surface area contributed by atoms with Gasteiger partial charge in [-0.2, -0.15) is 0 Å². The third-order valence-electron chi connectivity index (χ3n) is 3.02. The molecule has 6 heteroatoms. The van der Waals surface area contributed by atoms with E-state index in [1.54, 1.807) is 7.11 Å². The number of ether oxygens (including phenoxy) is 2. The van der Waals surface area contributed by atoms with Crippen LogP contribution in [0.4, 0.5) is 0 Å². The average Bonchev–Trinajstić information content (AvgIpc) is 2.83. The lowest BCUT2D eigenvalue weighted by atomic mass is 10.0. The number of rotatable bonds is 2. The van der Waals surface area contributed by atoms with E-state index in [1.165, 1.54) is 0 Å². The summed E-state index contributed by atoms with van der Waals surface area (Å²) in [6, 6.07) is -0.301. The Morgan fingerprint density at radius 2 is 2.06 bits per heavy atom. The van der Waals surface area contributed by atoms with E-state index in [1.807, 2.05) is 20.8 Å². The predicted octanol–water partition coefficient (Wildman–Crippen LogP) is -0.323. The number of carbonyl (C=O) groups is 2. The fourth-order valence-electron chi connectivity index (χ4n) is 1.79. The van der Waals surface area contributed by atoms with E-state index < -0.39 is 6.04 Å². The first kappa shape index (κ1) is 14.9. The average molecular weight is 258 g/mol. The Labute approximate surface area is 107 Å². The van der Waals surface area contributed by atoms with Gasteiger partial charge in [-0.15, -0.1) is 0 Å². The second kappa shape index (κ2) is 6.15. The topological polar surface area (TPSA) is 76.7 Å². The van der Waals surface area contributed by atoms with Crippen molar-refractivity contribution < 1.29 is 19.1 Å². The molecule has 2 aliphatic heterocycles. The normalized spacial score (nSPS) is 30.0. The molecular formula is C12H22N2O4. The fourth-order valence-corrected chi connectivity index (χ4v) is 1.79. The van der Waals surface area contributed by atoms with Gasteiger partial charge in [-0.05, 0) is 20.8 Å². The van der Waals surface area contributed by atoms with Crippen molar-refractivity contribution in [1.82, 2.24) is 10.6 Å². The standard InChI is InChI=1S/C7H10N2O3.C5H12O/c10-3-8-6-4-1-12-2-5(4)9-7(6)11;1-5(2,3)6-4/h3-6H,1-2H2,(H,8,10)(H,9,11);1-4H3. The molecule has 2 heterocycles. The van der Waals surface area contributed by atoms with Gasteiger partial charge in [0, 0.05) is 13.0 Å². The maximum Gasteiger partial charge on any atom is 0.243 e. The van der Waals surface area contributed by atoms with E-state index in [-0.39, 0.29) is 23.5 Å². The van der Waals surface area contributed by atoms with Gasteiger partial charge in [0.1, 0.15) is 6.04 Å². The second-order valence-corrected chi connectivity index (χ2v) is 5.40. The maximum absolute atomic E-state index is 11.2. The molecule has 2 aliphatic rings. The lowest BCUT2D eigenvalue weighted by molar-refractivity contribution is -0.124. The molecule has 0 bridgehead atoms. The van der Waals surface area contributed by atoms with Crippen LogP contribution in [-0.2, 0) is 19.1 Å². The smallest absolute Gasteiger partial charge is 0.243 e. The molecule has 3 atom stereocenters. The van der Waals surface area contributed by atoms with Crippen LogP contribution >= 0.6 is 0 Å². The second-order valence-electron chi connectivity index (χ2n) is 5.40. The van der Waals surface area contributed by atoms with Crippen molar-refractivity contribution in [2.24, 2.45) is 5.92 Å². The number of hydrogen-bond donors (Lipinski definition) is 2. The van der Waals surface area contributed by atoms with Crippen LogP contribution in [0.15, 0.2) is 0 Å². The fraction of sp³-hybridized carbons (Fsp3) is 0.833. The quantitative estimate of drug-likeness (QED) is 0.665. The number of carbonyl (C=O) groups excluding carboxylic acids is 2. The number of hydrogen-bond acceptors (Lipinski definition) is 4. The number of amides is 2. The van der Waals surface area contributed by atoms with Gasteiger partial charge in [0.15, 0.2) is 0 Å². The third-order valence-corrected chi connectivity index (χ3v) is 3.02. The zero-order valence-corrected chi connectivity index (χ0v) is 11.4. The van der Waals surface area contributed by atoms with Crippen LogP contribution in [0.25, 0.3) is 0 Å². The zero-order valence-electron chi connectivity index (χ0n) is 11.4. The van der Waals surface area contributed by atoms with Crippen LogP contribution < -0.4 is 10.6 Å². The van der Waals surface area contributed by atoms with Gasteiger partial charge < -0.3 is 20.1 Å². The summed E-state index contributed by atoms with van der Waals surface area (Å²) in [5, 5.41) is 5.26. The van der Waals surface area contributed by atoms with Crippen molar-refractivity contribution in [3.05, 3.63) is 0 Å². The van der Waals surface area contributed by atoms with Crippen LogP contribution in [0.5, 0.6) is 0 Å². The summed E-state index contributed by atoms with van der Waals surface area (Å²) in [5.41, 5.74) is 0.0417. The van der Waals surface area contributed by atoms with Gasteiger partial charge in [0.2, 0.25) is 12.3 Å². The molecule has 0 aromatic carbocycles. The van der Waals surface area contributed by atoms with Crippen molar-refractivity contribution >= 4 is 12.3 Å². The lowest BCUT2D eigenvalue weighted by Gasteiger charge is -2.14. The highest BCUT2D eigenvalue weighted by molar-refractivity contribution is 5.86. The minimum absolute atomic E-state index is 0.0417. The summed E-state index contributed by atoms with van der Waals surface area (Å²) in [6.07, 6.45) is 0.560. The SMILES string of the molecule is COC(C)(C)C.O=CNC1C(=O)NC2COCC21. The minimum atomic E-state index is -0.394. The summed E-state index contributed by atoms with van der Waals surface area (Å²) in [4.78, 5) is 21.4. The number of methoxy groups -OCH3 is 1. The van der Waals surface area contributed by atoms with Gasteiger partial charge in [-0.25, -0.2) is 0 Å². The monoisotopic (exact) mass is 258 g/mol. The Bertz CT molecular complexity index is 301. The van der Waals surface area contributed by atoms with E-state index in [0.717, 1.165) is 0 Å². The van der Waals surface area contributed by atoms with E-state index in [4.69, 9.17) is 9.47 Å². The third kappa shape index (κ3) is 3.96. The molecule has 2 saturated heterocycles. The van der Waals surface area contributed by atoms with Gasteiger partial charge in [0.25, 0.3) is 0 Å². The summed E-state index contributed by atoms with van der Waals surface area (Å²) in [5.74, 6) is 0.0168. The van der Waals surface area contributed by atoms with Crippen LogP contribution in [0.1, 0.15) is 20.8 Å². The molecule has 0 aromatic rings. The molecule has 2 amide bonds. The summed E-state index contributed by atoms with van der Waals surface area (Å²) >= 11 is 0. The Hall–Kier alpha value is -1.14. The largest absolute Gasteiger partial charge is 0.379 e. The van der Waals surface area contributed by atoms with E-state index in [2.05, 4.69) is 10.6 Å². The first-order valence-corrected chi connectivity index (χ1v) is 6.02. The molecule has 2 rings (SSSR count). The highest BCUT2D eigenvalue weighted by atomic mass is 16.5. The Morgan fingerprint density at radius 1 is 1.44 bits per heavy atom. The van der Waals surface area contributed by atoms with Gasteiger partial charge >= 0.3 is 0 Å². The van der Waals surface area contributed by atoms with E-state index in [0.29, 0.717) is 19.6 Å². The van der Waals surface area contributed by atoms with Crippen molar-refractivity contribution in [2.45, 2.75) is 38.5 Å². The van der Waals surface area contributed by atoms with Crippen molar-refractivity contribution in [1.29, 1.82) is 0 Å². The van der Waals surface area contributed by atoms with Crippen LogP contribution in [-0.4, -0.2) is 50.3 Å². The summed E-state index contributed by atoms with van der Waals surface area (Å²) < 4.78 is 10.1. The molecule has 2 fully saturated rings.